The van der Waals surface area contributed by atoms with Crippen LogP contribution in [0.4, 0.5) is 4.39 Å². The first-order valence-corrected chi connectivity index (χ1v) is 5.90. The van der Waals surface area contributed by atoms with Gasteiger partial charge < -0.3 is 9.67 Å². The maximum atomic E-state index is 13.4. The number of fused-ring (bicyclic) bond motifs is 1. The Kier molecular flexibility index (Phi) is 3.14. The number of aromatic nitrogens is 1. The van der Waals surface area contributed by atoms with Crippen LogP contribution in [0.1, 0.15) is 35.7 Å². The number of nitrogens with zero attached hydrogens (tertiary/aromatic N) is 1. The van der Waals surface area contributed by atoms with Crippen LogP contribution in [0.5, 0.6) is 0 Å². The zero-order valence-electron chi connectivity index (χ0n) is 10.9. The number of rotatable bonds is 2. The molecular weight excluding hydrogens is 249 g/mol. The van der Waals surface area contributed by atoms with Gasteiger partial charge in [-0.1, -0.05) is 13.8 Å². The molecule has 100 valence electrons. The third-order valence-electron chi connectivity index (χ3n) is 3.19. The lowest BCUT2D eigenvalue weighted by atomic mass is 9.93. The topological polar surface area (TPSA) is 59.3 Å². The van der Waals surface area contributed by atoms with Crippen molar-refractivity contribution in [2.24, 2.45) is 7.05 Å². The Morgan fingerprint density at radius 1 is 1.37 bits per heavy atom. The van der Waals surface area contributed by atoms with E-state index in [1.54, 1.807) is 13.8 Å². The van der Waals surface area contributed by atoms with Crippen LogP contribution in [-0.4, -0.2) is 15.6 Å². The van der Waals surface area contributed by atoms with Crippen LogP contribution in [0.25, 0.3) is 10.9 Å². The second-order valence-electron chi connectivity index (χ2n) is 4.77. The van der Waals surface area contributed by atoms with Gasteiger partial charge in [-0.05, 0) is 29.7 Å². The van der Waals surface area contributed by atoms with E-state index in [4.69, 9.17) is 0 Å². The Morgan fingerprint density at radius 2 is 2.00 bits per heavy atom. The number of carbonyl (C=O) groups is 1. The quantitative estimate of drug-likeness (QED) is 0.905. The van der Waals surface area contributed by atoms with E-state index in [0.717, 1.165) is 0 Å². The number of hydrogen-bond donors (Lipinski definition) is 1. The predicted octanol–water partition coefficient (Wildman–Crippen LogP) is 2.50. The summed E-state index contributed by atoms with van der Waals surface area (Å²) in [5.74, 6) is -1.93. The Labute approximate surface area is 109 Å². The highest BCUT2D eigenvalue weighted by molar-refractivity contribution is 5.96. The molecule has 5 heteroatoms. The lowest BCUT2D eigenvalue weighted by molar-refractivity contribution is 0.0693. The molecule has 19 heavy (non-hydrogen) atoms. The minimum Gasteiger partial charge on any atom is -0.477 e. The molecule has 1 aromatic heterocycles. The second-order valence-corrected chi connectivity index (χ2v) is 4.77. The molecule has 4 nitrogen and oxygen atoms in total. The van der Waals surface area contributed by atoms with Gasteiger partial charge in [0, 0.05) is 12.4 Å². The first-order valence-electron chi connectivity index (χ1n) is 5.90. The largest absolute Gasteiger partial charge is 0.477 e. The summed E-state index contributed by atoms with van der Waals surface area (Å²) in [5.41, 5.74) is 0.0520. The first kappa shape index (κ1) is 13.3. The third kappa shape index (κ3) is 2.01. The number of carboxylic acid groups (broad SMARTS) is 1. The second kappa shape index (κ2) is 4.50. The van der Waals surface area contributed by atoms with Gasteiger partial charge in [0.1, 0.15) is 11.4 Å². The van der Waals surface area contributed by atoms with Crippen molar-refractivity contribution in [1.82, 2.24) is 4.57 Å². The fourth-order valence-corrected chi connectivity index (χ4v) is 2.35. The summed E-state index contributed by atoms with van der Waals surface area (Å²) < 4.78 is 14.7. The molecule has 1 N–H and O–H groups in total. The van der Waals surface area contributed by atoms with Gasteiger partial charge in [-0.3, -0.25) is 4.79 Å². The van der Waals surface area contributed by atoms with E-state index in [2.05, 4.69) is 0 Å². The van der Waals surface area contributed by atoms with Gasteiger partial charge in [0.25, 0.3) is 5.56 Å². The molecule has 0 amide bonds. The Hall–Kier alpha value is -2.17. The molecule has 0 unspecified atom stereocenters. The van der Waals surface area contributed by atoms with Gasteiger partial charge in [-0.2, -0.15) is 0 Å². The van der Waals surface area contributed by atoms with E-state index in [1.807, 2.05) is 0 Å². The highest BCUT2D eigenvalue weighted by Crippen LogP contribution is 2.27. The highest BCUT2D eigenvalue weighted by Gasteiger charge is 2.22. The van der Waals surface area contributed by atoms with E-state index < -0.39 is 17.3 Å². The molecule has 0 saturated heterocycles. The Bertz CT molecular complexity index is 732. The van der Waals surface area contributed by atoms with Crippen LogP contribution in [0.3, 0.4) is 0 Å². The molecular formula is C14H14FNO3. The lowest BCUT2D eigenvalue weighted by Crippen LogP contribution is -2.27. The summed E-state index contributed by atoms with van der Waals surface area (Å²) in [7, 11) is 1.49. The number of pyridine rings is 1. The molecule has 0 saturated carbocycles. The third-order valence-corrected chi connectivity index (χ3v) is 3.19. The van der Waals surface area contributed by atoms with Crippen LogP contribution in [0.15, 0.2) is 23.0 Å². The molecule has 0 radical (unpaired) electrons. The lowest BCUT2D eigenvalue weighted by Gasteiger charge is -2.16. The average molecular weight is 263 g/mol. The molecule has 0 spiro atoms. The molecule has 0 fully saturated rings. The van der Waals surface area contributed by atoms with Gasteiger partial charge in [0.05, 0.1) is 5.52 Å². The number of aryl methyl sites for hydroxylation is 1. The SMILES string of the molecule is CC(C)c1c(C(=O)O)c(=O)n(C)c2ccc(F)cc12. The van der Waals surface area contributed by atoms with Crippen molar-refractivity contribution in [2.75, 3.05) is 0 Å². The molecule has 2 aromatic rings. The summed E-state index contributed by atoms with van der Waals surface area (Å²) in [6.45, 7) is 3.57. The van der Waals surface area contributed by atoms with Gasteiger partial charge in [0.2, 0.25) is 0 Å². The zero-order chi connectivity index (χ0) is 14.3. The zero-order valence-corrected chi connectivity index (χ0v) is 10.9. The minimum atomic E-state index is -1.28. The van der Waals surface area contributed by atoms with Crippen molar-refractivity contribution >= 4 is 16.9 Å². The van der Waals surface area contributed by atoms with Crippen molar-refractivity contribution in [1.29, 1.82) is 0 Å². The standard InChI is InChI=1S/C14H14FNO3/c1-7(2)11-9-6-8(15)4-5-10(9)16(3)13(17)12(11)14(18)19/h4-7H,1-3H3,(H,18,19). The first-order chi connectivity index (χ1) is 8.84. The highest BCUT2D eigenvalue weighted by atomic mass is 19.1. The predicted molar refractivity (Wildman–Crippen MR) is 70.2 cm³/mol. The van der Waals surface area contributed by atoms with Crippen molar-refractivity contribution in [2.45, 2.75) is 19.8 Å². The monoisotopic (exact) mass is 263 g/mol. The van der Waals surface area contributed by atoms with E-state index in [9.17, 15) is 19.1 Å². The van der Waals surface area contributed by atoms with Crippen LogP contribution in [-0.2, 0) is 7.05 Å². The summed E-state index contributed by atoms with van der Waals surface area (Å²) in [6, 6.07) is 4.02. The van der Waals surface area contributed by atoms with Crippen LogP contribution in [0.2, 0.25) is 0 Å². The van der Waals surface area contributed by atoms with Crippen molar-refractivity contribution in [3.8, 4) is 0 Å². The maximum absolute atomic E-state index is 13.4. The molecule has 0 aliphatic carbocycles. The van der Waals surface area contributed by atoms with Crippen molar-refractivity contribution < 1.29 is 14.3 Å². The van der Waals surface area contributed by atoms with Crippen molar-refractivity contribution in [3.05, 3.63) is 45.5 Å². The van der Waals surface area contributed by atoms with Gasteiger partial charge in [-0.25, -0.2) is 9.18 Å². The normalized spacial score (nSPS) is 11.2. The average Bonchev–Trinajstić information content (AvgIpc) is 2.32. The number of carboxylic acids is 1. The summed E-state index contributed by atoms with van der Waals surface area (Å²) in [5, 5.41) is 9.71. The van der Waals surface area contributed by atoms with E-state index in [0.29, 0.717) is 16.5 Å². The van der Waals surface area contributed by atoms with Gasteiger partial charge in [-0.15, -0.1) is 0 Å². The molecule has 1 heterocycles. The van der Waals surface area contributed by atoms with E-state index in [-0.39, 0.29) is 11.5 Å². The van der Waals surface area contributed by atoms with Gasteiger partial charge in [0.15, 0.2) is 0 Å². The molecule has 0 atom stereocenters. The molecule has 0 aliphatic rings. The summed E-state index contributed by atoms with van der Waals surface area (Å²) >= 11 is 0. The van der Waals surface area contributed by atoms with Crippen LogP contribution >= 0.6 is 0 Å². The fourth-order valence-electron chi connectivity index (χ4n) is 2.35. The smallest absolute Gasteiger partial charge is 0.341 e. The Morgan fingerprint density at radius 3 is 2.53 bits per heavy atom. The van der Waals surface area contributed by atoms with E-state index >= 15 is 0 Å². The minimum absolute atomic E-state index is 0.190. The summed E-state index contributed by atoms with van der Waals surface area (Å²) in [4.78, 5) is 23.4. The maximum Gasteiger partial charge on any atom is 0.341 e. The summed E-state index contributed by atoms with van der Waals surface area (Å²) in [6.07, 6.45) is 0. The van der Waals surface area contributed by atoms with Gasteiger partial charge >= 0.3 is 5.97 Å². The number of aromatic carboxylic acids is 1. The molecule has 0 aliphatic heterocycles. The number of hydrogen-bond acceptors (Lipinski definition) is 2. The van der Waals surface area contributed by atoms with Crippen molar-refractivity contribution in [3.63, 3.8) is 0 Å². The molecule has 2 rings (SSSR count). The van der Waals surface area contributed by atoms with E-state index in [1.165, 1.54) is 29.8 Å². The number of benzene rings is 1. The van der Waals surface area contributed by atoms with Crippen LogP contribution in [0, 0.1) is 5.82 Å². The molecule has 1 aromatic carbocycles. The molecule has 0 bridgehead atoms. The van der Waals surface area contributed by atoms with Crippen LogP contribution < -0.4 is 5.56 Å². The number of halogens is 1. The Balaban J connectivity index is 3.10. The fraction of sp³-hybridized carbons (Fsp3) is 0.286.